The van der Waals surface area contributed by atoms with E-state index in [1.807, 2.05) is 0 Å². The smallest absolute Gasteiger partial charge is 0.307 e. The maximum atomic E-state index is 12.9. The quantitative estimate of drug-likeness (QED) is 0.900. The Morgan fingerprint density at radius 2 is 1.52 bits per heavy atom. The van der Waals surface area contributed by atoms with Gasteiger partial charge in [0.1, 0.15) is 5.82 Å². The molecule has 2 N–H and O–H groups in total. The fourth-order valence-electron chi connectivity index (χ4n) is 3.94. The molecule has 2 atom stereocenters. The van der Waals surface area contributed by atoms with E-state index in [0.29, 0.717) is 5.69 Å². The lowest BCUT2D eigenvalue weighted by molar-refractivity contribution is -0.156. The molecule has 0 aliphatic heterocycles. The van der Waals surface area contributed by atoms with Crippen LogP contribution < -0.4 is 5.32 Å². The second-order valence-corrected chi connectivity index (χ2v) is 6.06. The van der Waals surface area contributed by atoms with Gasteiger partial charge in [-0.25, -0.2) is 4.39 Å². The van der Waals surface area contributed by atoms with Gasteiger partial charge >= 0.3 is 5.97 Å². The summed E-state index contributed by atoms with van der Waals surface area (Å²) in [5.41, 5.74) is 0.506. The Morgan fingerprint density at radius 1 is 1.00 bits per heavy atom. The fourth-order valence-corrected chi connectivity index (χ4v) is 3.94. The summed E-state index contributed by atoms with van der Waals surface area (Å²) in [6.45, 7) is 0. The number of nitrogens with one attached hydrogen (secondary N) is 1. The number of hydrogen-bond acceptors (Lipinski definition) is 2. The van der Waals surface area contributed by atoms with E-state index in [-0.39, 0.29) is 23.6 Å². The van der Waals surface area contributed by atoms with E-state index in [1.54, 1.807) is 0 Å². The van der Waals surface area contributed by atoms with Gasteiger partial charge in [0.15, 0.2) is 0 Å². The maximum Gasteiger partial charge on any atom is 0.307 e. The zero-order valence-electron chi connectivity index (χ0n) is 11.6. The van der Waals surface area contributed by atoms with Gasteiger partial charge in [-0.15, -0.1) is 0 Å². The summed E-state index contributed by atoms with van der Waals surface area (Å²) in [6.07, 6.45) is 3.66. The van der Waals surface area contributed by atoms with Gasteiger partial charge in [-0.2, -0.15) is 0 Å². The van der Waals surface area contributed by atoms with Gasteiger partial charge in [0.05, 0.1) is 11.8 Å². The molecule has 4 rings (SSSR count). The normalized spacial score (nSPS) is 30.9. The highest BCUT2D eigenvalue weighted by molar-refractivity contribution is 5.95. The van der Waals surface area contributed by atoms with E-state index in [9.17, 15) is 19.1 Å². The molecule has 1 amide bonds. The third-order valence-electron chi connectivity index (χ3n) is 4.92. The molecule has 1 aromatic rings. The summed E-state index contributed by atoms with van der Waals surface area (Å²) < 4.78 is 12.9. The second-order valence-electron chi connectivity index (χ2n) is 6.06. The van der Waals surface area contributed by atoms with E-state index in [0.717, 1.165) is 25.7 Å². The third kappa shape index (κ3) is 2.64. The number of carboxylic acids is 1. The molecular weight excluding hydrogens is 273 g/mol. The number of anilines is 1. The molecule has 5 heteroatoms. The van der Waals surface area contributed by atoms with Gasteiger partial charge in [-0.3, -0.25) is 9.59 Å². The first-order valence-electron chi connectivity index (χ1n) is 7.35. The molecule has 0 saturated heterocycles. The summed E-state index contributed by atoms with van der Waals surface area (Å²) in [5.74, 6) is -2.29. The zero-order valence-corrected chi connectivity index (χ0v) is 11.6. The molecule has 112 valence electrons. The lowest BCUT2D eigenvalue weighted by Crippen LogP contribution is -2.49. The topological polar surface area (TPSA) is 66.4 Å². The molecule has 2 bridgehead atoms. The van der Waals surface area contributed by atoms with Crippen LogP contribution in [-0.4, -0.2) is 17.0 Å². The van der Waals surface area contributed by atoms with Crippen LogP contribution in [0.2, 0.25) is 0 Å². The SMILES string of the molecule is O=C(O)[C@@H]1C2CCC(CC2)[C@H]1C(=O)Nc1ccc(F)cc1. The first-order chi connectivity index (χ1) is 10.1. The maximum absolute atomic E-state index is 12.9. The molecule has 3 fully saturated rings. The zero-order chi connectivity index (χ0) is 15.0. The lowest BCUT2D eigenvalue weighted by Gasteiger charge is -2.45. The van der Waals surface area contributed by atoms with Crippen LogP contribution in [0.3, 0.4) is 0 Å². The largest absolute Gasteiger partial charge is 0.481 e. The minimum atomic E-state index is -0.872. The van der Waals surface area contributed by atoms with Crippen LogP contribution in [0.15, 0.2) is 24.3 Å². The number of amides is 1. The average molecular weight is 291 g/mol. The van der Waals surface area contributed by atoms with E-state index >= 15 is 0 Å². The van der Waals surface area contributed by atoms with Crippen LogP contribution in [0, 0.1) is 29.5 Å². The molecule has 0 unspecified atom stereocenters. The van der Waals surface area contributed by atoms with Gasteiger partial charge in [-0.05, 0) is 61.8 Å². The Morgan fingerprint density at radius 3 is 2.05 bits per heavy atom. The number of benzene rings is 1. The highest BCUT2D eigenvalue weighted by Crippen LogP contribution is 2.49. The van der Waals surface area contributed by atoms with Gasteiger partial charge in [0.2, 0.25) is 5.91 Å². The third-order valence-corrected chi connectivity index (χ3v) is 4.92. The second kappa shape index (κ2) is 5.47. The van der Waals surface area contributed by atoms with E-state index < -0.39 is 17.8 Å². The average Bonchev–Trinajstić information content (AvgIpc) is 2.49. The van der Waals surface area contributed by atoms with Crippen molar-refractivity contribution < 1.29 is 19.1 Å². The van der Waals surface area contributed by atoms with Crippen LogP contribution in [0.1, 0.15) is 25.7 Å². The molecule has 1 aromatic carbocycles. The van der Waals surface area contributed by atoms with Crippen molar-refractivity contribution in [3.8, 4) is 0 Å². The number of rotatable bonds is 3. The molecule has 3 aliphatic carbocycles. The molecule has 0 spiro atoms. The van der Waals surface area contributed by atoms with Crippen LogP contribution >= 0.6 is 0 Å². The predicted octanol–water partition coefficient (Wildman–Crippen LogP) is 2.90. The molecule has 0 heterocycles. The van der Waals surface area contributed by atoms with Gasteiger partial charge in [-0.1, -0.05) is 0 Å². The van der Waals surface area contributed by atoms with E-state index in [2.05, 4.69) is 5.32 Å². The van der Waals surface area contributed by atoms with E-state index in [1.165, 1.54) is 24.3 Å². The molecule has 0 aromatic heterocycles. The standard InChI is InChI=1S/C16H18FNO3/c17-11-5-7-12(8-6-11)18-15(19)13-9-1-3-10(4-2-9)14(13)16(20)21/h5-10,13-14H,1-4H2,(H,18,19)(H,20,21)/t9?,10?,13-,14-/m1/s1. The summed E-state index contributed by atoms with van der Waals surface area (Å²) in [7, 11) is 0. The Kier molecular flexibility index (Phi) is 3.66. The number of fused-ring (bicyclic) bond motifs is 3. The van der Waals surface area contributed by atoms with E-state index in [4.69, 9.17) is 0 Å². The molecule has 4 nitrogen and oxygen atoms in total. The Bertz CT molecular complexity index is 549. The minimum absolute atomic E-state index is 0.108. The van der Waals surface area contributed by atoms with Crippen molar-refractivity contribution in [1.29, 1.82) is 0 Å². The van der Waals surface area contributed by atoms with Crippen molar-refractivity contribution in [2.75, 3.05) is 5.32 Å². The first kappa shape index (κ1) is 14.0. The number of hydrogen-bond donors (Lipinski definition) is 2. The molecule has 3 aliphatic rings. The van der Waals surface area contributed by atoms with Crippen LogP contribution in [0.25, 0.3) is 0 Å². The van der Waals surface area contributed by atoms with Gasteiger partial charge < -0.3 is 10.4 Å². The van der Waals surface area contributed by atoms with Crippen molar-refractivity contribution in [2.24, 2.45) is 23.7 Å². The highest BCUT2D eigenvalue weighted by atomic mass is 19.1. The number of aliphatic carboxylic acids is 1. The number of carbonyl (C=O) groups is 2. The summed E-state index contributed by atoms with van der Waals surface area (Å²) in [6, 6.07) is 5.53. The van der Waals surface area contributed by atoms with Gasteiger partial charge in [0.25, 0.3) is 0 Å². The van der Waals surface area contributed by atoms with Crippen molar-refractivity contribution in [3.63, 3.8) is 0 Å². The van der Waals surface area contributed by atoms with Gasteiger partial charge in [0, 0.05) is 5.69 Å². The van der Waals surface area contributed by atoms with Crippen LogP contribution in [0.4, 0.5) is 10.1 Å². The Balaban J connectivity index is 1.78. The molecule has 0 radical (unpaired) electrons. The Hall–Kier alpha value is -1.91. The van der Waals surface area contributed by atoms with Crippen molar-refractivity contribution in [3.05, 3.63) is 30.1 Å². The number of halogens is 1. The van der Waals surface area contributed by atoms with Crippen molar-refractivity contribution >= 4 is 17.6 Å². The van der Waals surface area contributed by atoms with Crippen LogP contribution in [0.5, 0.6) is 0 Å². The lowest BCUT2D eigenvalue weighted by atomic mass is 9.58. The summed E-state index contributed by atoms with van der Waals surface area (Å²) in [4.78, 5) is 24.0. The number of carboxylic acid groups (broad SMARTS) is 1. The highest BCUT2D eigenvalue weighted by Gasteiger charge is 2.50. The summed E-state index contributed by atoms with van der Waals surface area (Å²) >= 11 is 0. The molecular formula is C16H18FNO3. The fraction of sp³-hybridized carbons (Fsp3) is 0.500. The number of carbonyl (C=O) groups excluding carboxylic acids is 1. The molecule has 21 heavy (non-hydrogen) atoms. The van der Waals surface area contributed by atoms with Crippen molar-refractivity contribution in [1.82, 2.24) is 0 Å². The van der Waals surface area contributed by atoms with Crippen molar-refractivity contribution in [2.45, 2.75) is 25.7 Å². The monoisotopic (exact) mass is 291 g/mol. The Labute approximate surface area is 122 Å². The predicted molar refractivity (Wildman–Crippen MR) is 75.1 cm³/mol. The first-order valence-corrected chi connectivity index (χ1v) is 7.35. The summed E-state index contributed by atoms with van der Waals surface area (Å²) in [5, 5.41) is 12.2. The van der Waals surface area contributed by atoms with Crippen LogP contribution in [-0.2, 0) is 9.59 Å². The molecule has 3 saturated carbocycles. The minimum Gasteiger partial charge on any atom is -0.481 e.